The zero-order valence-corrected chi connectivity index (χ0v) is 20.3. The van der Waals surface area contributed by atoms with Crippen molar-refractivity contribution in [2.45, 2.75) is 58.8 Å². The summed E-state index contributed by atoms with van der Waals surface area (Å²) in [6.45, 7) is 8.25. The summed E-state index contributed by atoms with van der Waals surface area (Å²) in [6.07, 6.45) is -0.977. The summed E-state index contributed by atoms with van der Waals surface area (Å²) >= 11 is 0. The Balaban J connectivity index is 1.96. The minimum Gasteiger partial charge on any atom is -0.464 e. The van der Waals surface area contributed by atoms with Crippen LogP contribution in [0.3, 0.4) is 0 Å². The van der Waals surface area contributed by atoms with Crippen LogP contribution in [0, 0.1) is 0 Å². The van der Waals surface area contributed by atoms with Crippen molar-refractivity contribution in [3.8, 4) is 0 Å². The number of hydrogen-bond donors (Lipinski definition) is 1. The van der Waals surface area contributed by atoms with Crippen LogP contribution in [-0.4, -0.2) is 35.8 Å². The molecule has 0 saturated carbocycles. The van der Waals surface area contributed by atoms with E-state index in [9.17, 15) is 14.4 Å². The molecule has 1 N–H and O–H groups in total. The molecule has 3 aromatic rings. The lowest BCUT2D eigenvalue weighted by atomic mass is 9.95. The van der Waals surface area contributed by atoms with Crippen molar-refractivity contribution >= 4 is 39.6 Å². The first kappa shape index (κ1) is 25.0. The first-order valence-electron chi connectivity index (χ1n) is 11.4. The van der Waals surface area contributed by atoms with Crippen molar-refractivity contribution in [3.05, 3.63) is 60.2 Å². The van der Waals surface area contributed by atoms with Gasteiger partial charge in [-0.1, -0.05) is 55.5 Å². The molecule has 180 valence electrons. The number of amides is 1. The molecule has 0 aliphatic rings. The van der Waals surface area contributed by atoms with Crippen LogP contribution in [-0.2, 0) is 30.4 Å². The molecule has 0 saturated heterocycles. The highest BCUT2D eigenvalue weighted by Crippen LogP contribution is 2.30. The fourth-order valence-electron chi connectivity index (χ4n) is 3.82. The first-order chi connectivity index (χ1) is 16.1. The van der Waals surface area contributed by atoms with E-state index in [4.69, 9.17) is 14.2 Å². The minimum atomic E-state index is -2.03. The molecule has 3 aromatic carbocycles. The van der Waals surface area contributed by atoms with Crippen LogP contribution in [0.2, 0.25) is 0 Å². The van der Waals surface area contributed by atoms with Gasteiger partial charge in [0.05, 0.1) is 6.61 Å². The maximum Gasteiger partial charge on any atom is 0.409 e. The van der Waals surface area contributed by atoms with Gasteiger partial charge < -0.3 is 14.2 Å². The van der Waals surface area contributed by atoms with E-state index in [1.165, 1.54) is 0 Å². The number of hydrogen-bond acceptors (Lipinski definition) is 6. The monoisotopic (exact) mass is 465 g/mol. The molecule has 0 fully saturated rings. The average molecular weight is 466 g/mol. The van der Waals surface area contributed by atoms with E-state index in [1.54, 1.807) is 34.6 Å². The van der Waals surface area contributed by atoms with Crippen molar-refractivity contribution in [2.75, 3.05) is 6.61 Å². The van der Waals surface area contributed by atoms with Crippen LogP contribution in [0.15, 0.2) is 54.6 Å². The Labute approximate surface area is 199 Å². The van der Waals surface area contributed by atoms with E-state index in [1.807, 2.05) is 48.5 Å². The molecule has 1 unspecified atom stereocenters. The van der Waals surface area contributed by atoms with Gasteiger partial charge in [-0.2, -0.15) is 0 Å². The fraction of sp³-hybridized carbons (Fsp3) is 0.370. The van der Waals surface area contributed by atoms with Crippen LogP contribution in [0.1, 0.15) is 46.6 Å². The van der Waals surface area contributed by atoms with E-state index in [2.05, 4.69) is 11.4 Å². The summed E-state index contributed by atoms with van der Waals surface area (Å²) in [5.41, 5.74) is -2.03. The van der Waals surface area contributed by atoms with E-state index in [0.717, 1.165) is 27.1 Å². The van der Waals surface area contributed by atoms with Gasteiger partial charge in [-0.15, -0.1) is 0 Å². The van der Waals surface area contributed by atoms with Gasteiger partial charge in [0, 0.05) is 5.56 Å². The molecule has 0 heterocycles. The van der Waals surface area contributed by atoms with Gasteiger partial charge in [0.25, 0.3) is 0 Å². The zero-order valence-electron chi connectivity index (χ0n) is 20.3. The van der Waals surface area contributed by atoms with Crippen LogP contribution in [0.4, 0.5) is 4.79 Å². The number of esters is 2. The Morgan fingerprint density at radius 1 is 0.824 bits per heavy atom. The van der Waals surface area contributed by atoms with E-state index < -0.39 is 29.2 Å². The molecule has 0 aromatic heterocycles. The van der Waals surface area contributed by atoms with Gasteiger partial charge in [-0.3, -0.25) is 5.32 Å². The van der Waals surface area contributed by atoms with Crippen molar-refractivity contribution in [1.29, 1.82) is 0 Å². The summed E-state index contributed by atoms with van der Waals surface area (Å²) in [5.74, 6) is -1.80. The van der Waals surface area contributed by atoms with Crippen molar-refractivity contribution in [3.63, 3.8) is 0 Å². The van der Waals surface area contributed by atoms with Crippen LogP contribution in [0.25, 0.3) is 21.5 Å². The Morgan fingerprint density at radius 3 is 1.85 bits per heavy atom. The van der Waals surface area contributed by atoms with E-state index >= 15 is 0 Å². The molecular formula is C27H31NO6. The first-order valence-corrected chi connectivity index (χ1v) is 11.4. The zero-order chi connectivity index (χ0) is 24.9. The molecule has 0 aliphatic carbocycles. The highest BCUT2D eigenvalue weighted by molar-refractivity contribution is 6.07. The molecule has 34 heavy (non-hydrogen) atoms. The third-order valence-corrected chi connectivity index (χ3v) is 5.45. The van der Waals surface area contributed by atoms with Gasteiger partial charge in [0.1, 0.15) is 12.2 Å². The van der Waals surface area contributed by atoms with Crippen molar-refractivity contribution in [1.82, 2.24) is 5.32 Å². The quantitative estimate of drug-likeness (QED) is 0.221. The van der Waals surface area contributed by atoms with Gasteiger partial charge in [0.15, 0.2) is 0 Å². The lowest BCUT2D eigenvalue weighted by molar-refractivity contribution is -0.167. The second kappa shape index (κ2) is 10.1. The van der Waals surface area contributed by atoms with Gasteiger partial charge >= 0.3 is 18.0 Å². The maximum absolute atomic E-state index is 13.4. The number of benzene rings is 3. The molecule has 0 spiro atoms. The van der Waals surface area contributed by atoms with E-state index in [0.29, 0.717) is 0 Å². The SMILES string of the molecule is CCOC(=O)C(CC)(NC(=O)OC(C)(C)C)C(=O)OCc1c2ccccc2cc2ccccc12. The molecule has 3 rings (SSSR count). The second-order valence-electron chi connectivity index (χ2n) is 8.98. The van der Waals surface area contributed by atoms with Crippen molar-refractivity contribution < 1.29 is 28.6 Å². The van der Waals surface area contributed by atoms with Gasteiger partial charge in [0.2, 0.25) is 5.54 Å². The average Bonchev–Trinajstić information content (AvgIpc) is 2.79. The summed E-state index contributed by atoms with van der Waals surface area (Å²) in [5, 5.41) is 6.31. The normalized spacial score (nSPS) is 13.2. The summed E-state index contributed by atoms with van der Waals surface area (Å²) in [4.78, 5) is 38.8. The molecular weight excluding hydrogens is 434 g/mol. The predicted molar refractivity (Wildman–Crippen MR) is 130 cm³/mol. The van der Waals surface area contributed by atoms with Crippen LogP contribution in [0.5, 0.6) is 0 Å². The highest BCUT2D eigenvalue weighted by Gasteiger charge is 2.50. The van der Waals surface area contributed by atoms with Crippen LogP contribution < -0.4 is 5.32 Å². The molecule has 1 atom stereocenters. The summed E-state index contributed by atoms with van der Waals surface area (Å²) in [6, 6.07) is 17.7. The number of carbonyl (C=O) groups is 3. The third-order valence-electron chi connectivity index (χ3n) is 5.45. The van der Waals surface area contributed by atoms with E-state index in [-0.39, 0.29) is 19.6 Å². The number of carbonyl (C=O) groups excluding carboxylic acids is 3. The molecule has 0 aliphatic heterocycles. The number of nitrogens with one attached hydrogen (secondary N) is 1. The highest BCUT2D eigenvalue weighted by atomic mass is 16.6. The second-order valence-corrected chi connectivity index (χ2v) is 8.98. The Kier molecular flexibility index (Phi) is 7.44. The van der Waals surface area contributed by atoms with Gasteiger partial charge in [-0.25, -0.2) is 14.4 Å². The maximum atomic E-state index is 13.4. The van der Waals surface area contributed by atoms with Crippen LogP contribution >= 0.6 is 0 Å². The van der Waals surface area contributed by atoms with Crippen molar-refractivity contribution in [2.24, 2.45) is 0 Å². The molecule has 0 bridgehead atoms. The standard InChI is InChI=1S/C27H31NO6/c1-6-27(23(29)32-7-2,28-25(31)34-26(3,4)5)24(30)33-17-22-20-14-10-8-12-18(20)16-19-13-9-11-15-21(19)22/h8-16H,6-7,17H2,1-5H3,(H,28,31). The number of alkyl carbamates (subject to hydrolysis) is 1. The number of ether oxygens (including phenoxy) is 3. The van der Waals surface area contributed by atoms with Gasteiger partial charge in [-0.05, 0) is 61.7 Å². The third kappa shape index (κ3) is 5.30. The fourth-order valence-corrected chi connectivity index (χ4v) is 3.82. The summed E-state index contributed by atoms with van der Waals surface area (Å²) < 4.78 is 16.1. The number of rotatable bonds is 7. The number of fused-ring (bicyclic) bond motifs is 2. The Bertz CT molecular complexity index is 1160. The summed E-state index contributed by atoms with van der Waals surface area (Å²) in [7, 11) is 0. The largest absolute Gasteiger partial charge is 0.464 e. The lowest BCUT2D eigenvalue weighted by Crippen LogP contribution is -2.61. The topological polar surface area (TPSA) is 90.9 Å². The molecule has 0 radical (unpaired) electrons. The minimum absolute atomic E-state index is 0.0395. The Morgan fingerprint density at radius 2 is 1.35 bits per heavy atom. The molecule has 7 heteroatoms. The lowest BCUT2D eigenvalue weighted by Gasteiger charge is -2.30. The smallest absolute Gasteiger partial charge is 0.409 e. The predicted octanol–water partition coefficient (Wildman–Crippen LogP) is 5.27. The molecule has 1 amide bonds. The molecule has 7 nitrogen and oxygen atoms in total. The Hall–Kier alpha value is -3.61.